The molecule has 3 N–H and O–H groups in total. The molecule has 1 aromatic heterocycles. The van der Waals surface area contributed by atoms with Crippen molar-refractivity contribution in [2.45, 2.75) is 4.90 Å². The van der Waals surface area contributed by atoms with Crippen LogP contribution in [-0.2, 0) is 10.0 Å². The molecule has 100 valence electrons. The van der Waals surface area contributed by atoms with E-state index >= 15 is 0 Å². The summed E-state index contributed by atoms with van der Waals surface area (Å²) in [5.74, 6) is 0. The van der Waals surface area contributed by atoms with Gasteiger partial charge in [-0.1, -0.05) is 4.49 Å². The average Bonchev–Trinajstić information content (AvgIpc) is 2.80. The van der Waals surface area contributed by atoms with Gasteiger partial charge in [0.05, 0.1) is 16.0 Å². The minimum atomic E-state index is -3.87. The van der Waals surface area contributed by atoms with Gasteiger partial charge in [0.25, 0.3) is 15.7 Å². The van der Waals surface area contributed by atoms with E-state index in [1.165, 1.54) is 6.20 Å². The van der Waals surface area contributed by atoms with Gasteiger partial charge in [-0.2, -0.15) is 0 Å². The van der Waals surface area contributed by atoms with Crippen LogP contribution in [0.3, 0.4) is 0 Å². The minimum Gasteiger partial charge on any atom is -0.393 e. The van der Waals surface area contributed by atoms with Crippen molar-refractivity contribution < 1.29 is 13.3 Å². The summed E-state index contributed by atoms with van der Waals surface area (Å²) in [5, 5.41) is 14.3. The van der Waals surface area contributed by atoms with E-state index in [0.717, 1.165) is 29.7 Å². The molecule has 9 nitrogen and oxygen atoms in total. The number of nitrogens with one attached hydrogen (secondary N) is 1. The molecule has 2 aromatic rings. The van der Waals surface area contributed by atoms with Gasteiger partial charge in [-0.3, -0.25) is 14.8 Å². The number of rotatable bonds is 4. The van der Waals surface area contributed by atoms with E-state index in [0.29, 0.717) is 0 Å². The van der Waals surface area contributed by atoms with Crippen molar-refractivity contribution in [3.05, 3.63) is 34.5 Å². The molecular weight excluding hydrogens is 294 g/mol. The van der Waals surface area contributed by atoms with Crippen LogP contribution in [0.1, 0.15) is 0 Å². The summed E-state index contributed by atoms with van der Waals surface area (Å²) in [5.41, 5.74) is 4.86. The summed E-state index contributed by atoms with van der Waals surface area (Å²) in [6.07, 6.45) is 1.25. The number of nitrogen functional groups attached to an aromatic ring is 1. The lowest BCUT2D eigenvalue weighted by molar-refractivity contribution is -0.383. The third-order valence-electron chi connectivity index (χ3n) is 2.10. The predicted molar refractivity (Wildman–Crippen MR) is 68.2 cm³/mol. The number of nitrogens with two attached hydrogens (primary N) is 1. The Balaban J connectivity index is 2.36. The molecule has 0 radical (unpaired) electrons. The van der Waals surface area contributed by atoms with Crippen molar-refractivity contribution in [1.29, 1.82) is 0 Å². The van der Waals surface area contributed by atoms with Crippen molar-refractivity contribution in [1.82, 2.24) is 9.59 Å². The quantitative estimate of drug-likeness (QED) is 0.484. The summed E-state index contributed by atoms with van der Waals surface area (Å²) >= 11 is 0.866. The first kappa shape index (κ1) is 13.2. The average molecular weight is 301 g/mol. The second kappa shape index (κ2) is 4.78. The first-order valence-corrected chi connectivity index (χ1v) is 7.00. The van der Waals surface area contributed by atoms with Crippen molar-refractivity contribution in [3.63, 3.8) is 0 Å². The fraction of sp³-hybridized carbons (Fsp3) is 0. The third-order valence-corrected chi connectivity index (χ3v) is 4.17. The van der Waals surface area contributed by atoms with Crippen LogP contribution in [0.25, 0.3) is 0 Å². The predicted octanol–water partition coefficient (Wildman–Crippen LogP) is 0.829. The van der Waals surface area contributed by atoms with Gasteiger partial charge in [0, 0.05) is 17.6 Å². The van der Waals surface area contributed by atoms with Crippen LogP contribution in [0.15, 0.2) is 29.3 Å². The maximum absolute atomic E-state index is 11.9. The van der Waals surface area contributed by atoms with Crippen LogP contribution >= 0.6 is 11.5 Å². The largest absolute Gasteiger partial charge is 0.393 e. The topological polar surface area (TPSA) is 141 Å². The van der Waals surface area contributed by atoms with Crippen LogP contribution in [0.4, 0.5) is 16.4 Å². The van der Waals surface area contributed by atoms with Gasteiger partial charge in [-0.15, -0.1) is 5.10 Å². The fourth-order valence-corrected chi connectivity index (χ4v) is 2.99. The summed E-state index contributed by atoms with van der Waals surface area (Å²) in [6, 6.07) is 3.16. The molecule has 0 saturated heterocycles. The molecule has 1 heterocycles. The number of sulfonamides is 1. The van der Waals surface area contributed by atoms with Crippen LogP contribution < -0.4 is 10.5 Å². The maximum atomic E-state index is 11.9. The zero-order valence-electron chi connectivity index (χ0n) is 9.18. The first-order chi connectivity index (χ1) is 8.90. The number of aromatic nitrogens is 2. The lowest BCUT2D eigenvalue weighted by atomic mass is 10.3. The number of nitrogens with zero attached hydrogens (tertiary/aromatic N) is 3. The van der Waals surface area contributed by atoms with Gasteiger partial charge in [-0.25, -0.2) is 8.42 Å². The van der Waals surface area contributed by atoms with E-state index in [2.05, 4.69) is 14.3 Å². The number of nitro groups is 1. The van der Waals surface area contributed by atoms with Crippen molar-refractivity contribution in [2.75, 3.05) is 10.5 Å². The van der Waals surface area contributed by atoms with E-state index in [4.69, 9.17) is 5.73 Å². The highest BCUT2D eigenvalue weighted by Crippen LogP contribution is 2.26. The van der Waals surface area contributed by atoms with Crippen LogP contribution in [-0.4, -0.2) is 22.9 Å². The zero-order chi connectivity index (χ0) is 14.0. The molecule has 11 heteroatoms. The molecule has 0 unspecified atom stereocenters. The van der Waals surface area contributed by atoms with Crippen molar-refractivity contribution >= 4 is 37.9 Å². The zero-order valence-corrected chi connectivity index (χ0v) is 10.8. The Kier molecular flexibility index (Phi) is 3.31. The normalized spacial score (nSPS) is 11.2. The number of hydrogen-bond donors (Lipinski definition) is 2. The first-order valence-electron chi connectivity index (χ1n) is 4.74. The molecule has 0 aliphatic rings. The molecule has 0 fully saturated rings. The van der Waals surface area contributed by atoms with Crippen molar-refractivity contribution in [3.8, 4) is 0 Å². The van der Waals surface area contributed by atoms with E-state index in [-0.39, 0.29) is 21.3 Å². The smallest absolute Gasteiger partial charge is 0.292 e. The second-order valence-corrected chi connectivity index (χ2v) is 5.83. The Bertz CT molecular complexity index is 713. The Morgan fingerprint density at radius 2 is 2.16 bits per heavy atom. The van der Waals surface area contributed by atoms with E-state index in [1.807, 2.05) is 0 Å². The van der Waals surface area contributed by atoms with Gasteiger partial charge in [0.2, 0.25) is 0 Å². The highest BCUT2D eigenvalue weighted by Gasteiger charge is 2.19. The number of nitro benzene ring substituents is 1. The van der Waals surface area contributed by atoms with Gasteiger partial charge >= 0.3 is 0 Å². The Morgan fingerprint density at radius 3 is 2.68 bits per heavy atom. The third kappa shape index (κ3) is 2.77. The fourth-order valence-electron chi connectivity index (χ4n) is 1.27. The lowest BCUT2D eigenvalue weighted by Gasteiger charge is -2.05. The molecule has 2 rings (SSSR count). The van der Waals surface area contributed by atoms with Crippen LogP contribution in [0, 0.1) is 10.1 Å². The Morgan fingerprint density at radius 1 is 1.42 bits per heavy atom. The summed E-state index contributed by atoms with van der Waals surface area (Å²) in [6.45, 7) is 0. The van der Waals surface area contributed by atoms with Gasteiger partial charge in [0.15, 0.2) is 0 Å². The molecule has 0 saturated carbocycles. The lowest BCUT2D eigenvalue weighted by Crippen LogP contribution is -2.12. The van der Waals surface area contributed by atoms with Crippen molar-refractivity contribution in [2.24, 2.45) is 0 Å². The molecular formula is C8H7N5O4S2. The molecule has 0 aliphatic carbocycles. The van der Waals surface area contributed by atoms with E-state index < -0.39 is 14.9 Å². The highest BCUT2D eigenvalue weighted by molar-refractivity contribution is 7.93. The van der Waals surface area contributed by atoms with E-state index in [9.17, 15) is 18.5 Å². The molecule has 0 bridgehead atoms. The maximum Gasteiger partial charge on any atom is 0.292 e. The second-order valence-electron chi connectivity index (χ2n) is 3.36. The minimum absolute atomic E-state index is 0.177. The van der Waals surface area contributed by atoms with Gasteiger partial charge in [-0.05, 0) is 12.1 Å². The summed E-state index contributed by atoms with van der Waals surface area (Å²) < 4.78 is 29.6. The molecule has 0 amide bonds. The highest BCUT2D eigenvalue weighted by atomic mass is 32.2. The monoisotopic (exact) mass is 301 g/mol. The standard InChI is InChI=1S/C8H7N5O4S2/c9-6-3-5(1-2-7(6)13(14)15)19(16,17)11-8-4-10-12-18-8/h1-4,11H,9H2. The van der Waals surface area contributed by atoms with E-state index in [1.54, 1.807) is 0 Å². The Labute approximate surface area is 111 Å². The summed E-state index contributed by atoms with van der Waals surface area (Å²) in [7, 11) is -3.87. The molecule has 19 heavy (non-hydrogen) atoms. The number of benzene rings is 1. The molecule has 0 atom stereocenters. The Hall–Kier alpha value is -2.27. The molecule has 0 spiro atoms. The number of hydrogen-bond acceptors (Lipinski definition) is 8. The van der Waals surface area contributed by atoms with Crippen LogP contribution in [0.2, 0.25) is 0 Å². The van der Waals surface area contributed by atoms with Crippen LogP contribution in [0.5, 0.6) is 0 Å². The van der Waals surface area contributed by atoms with Gasteiger partial charge in [0.1, 0.15) is 10.7 Å². The number of anilines is 2. The molecule has 0 aliphatic heterocycles. The summed E-state index contributed by atoms with van der Waals surface area (Å²) in [4.78, 5) is 9.72. The SMILES string of the molecule is Nc1cc(S(=O)(=O)Nc2cnns2)ccc1[N+](=O)[O-]. The molecule has 1 aromatic carbocycles. The van der Waals surface area contributed by atoms with Gasteiger partial charge < -0.3 is 5.73 Å².